The summed E-state index contributed by atoms with van der Waals surface area (Å²) in [6.45, 7) is 3.18. The van der Waals surface area contributed by atoms with Crippen molar-refractivity contribution < 1.29 is 23.8 Å². The van der Waals surface area contributed by atoms with Gasteiger partial charge in [0.25, 0.3) is 0 Å². The number of hydrogen-bond donors (Lipinski definition) is 2. The van der Waals surface area contributed by atoms with Crippen LogP contribution in [0.2, 0.25) is 0 Å². The second kappa shape index (κ2) is 7.07. The maximum Gasteiger partial charge on any atom is 0.335 e. The predicted octanol–water partition coefficient (Wildman–Crippen LogP) is 5.50. The van der Waals surface area contributed by atoms with Gasteiger partial charge >= 0.3 is 5.97 Å². The van der Waals surface area contributed by atoms with Crippen LogP contribution in [-0.4, -0.2) is 20.7 Å². The number of carboxylic acids is 1. The molecule has 0 unspecified atom stereocenters. The van der Waals surface area contributed by atoms with E-state index in [4.69, 9.17) is 0 Å². The number of aliphatic hydroxyl groups is 1. The average molecular weight is 407 g/mol. The van der Waals surface area contributed by atoms with Crippen molar-refractivity contribution in [3.63, 3.8) is 0 Å². The standard InChI is InChI=1S/C24H19F2NO3/c1-24(2,30)22-20(14-6-8-15(9-7-14)23(28)29)21-18(26)4-3-5-19(21)27(22)17-12-10-16(25)11-13-17/h3-13,30H,1-2H3,(H,28,29). The number of carboxylic acid groups (broad SMARTS) is 1. The van der Waals surface area contributed by atoms with Crippen molar-refractivity contribution in [3.05, 3.63) is 89.6 Å². The Labute approximate surface area is 171 Å². The van der Waals surface area contributed by atoms with Gasteiger partial charge in [0.15, 0.2) is 0 Å². The number of aromatic carboxylic acids is 1. The van der Waals surface area contributed by atoms with Gasteiger partial charge in [-0.3, -0.25) is 0 Å². The number of aromatic nitrogens is 1. The third-order valence-electron chi connectivity index (χ3n) is 5.03. The maximum absolute atomic E-state index is 15.1. The molecule has 1 aromatic heterocycles. The Hall–Kier alpha value is -3.51. The quantitative estimate of drug-likeness (QED) is 0.469. The number of hydrogen-bond acceptors (Lipinski definition) is 2. The van der Waals surface area contributed by atoms with Crippen molar-refractivity contribution in [1.82, 2.24) is 4.57 Å². The normalized spacial score (nSPS) is 11.8. The molecule has 4 aromatic rings. The number of nitrogens with zero attached hydrogens (tertiary/aromatic N) is 1. The Morgan fingerprint density at radius 3 is 2.13 bits per heavy atom. The molecule has 0 amide bonds. The highest BCUT2D eigenvalue weighted by Crippen LogP contribution is 2.43. The third kappa shape index (κ3) is 3.25. The van der Waals surface area contributed by atoms with Crippen molar-refractivity contribution >= 4 is 16.9 Å². The van der Waals surface area contributed by atoms with Gasteiger partial charge in [-0.15, -0.1) is 0 Å². The summed E-state index contributed by atoms with van der Waals surface area (Å²) in [6, 6.07) is 16.4. The smallest absolute Gasteiger partial charge is 0.335 e. The minimum absolute atomic E-state index is 0.103. The first-order valence-electron chi connectivity index (χ1n) is 9.34. The molecule has 6 heteroatoms. The molecule has 0 aliphatic heterocycles. The summed E-state index contributed by atoms with van der Waals surface area (Å²) in [5.74, 6) is -1.95. The summed E-state index contributed by atoms with van der Waals surface area (Å²) in [6.07, 6.45) is 0. The van der Waals surface area contributed by atoms with Crippen molar-refractivity contribution in [3.8, 4) is 16.8 Å². The van der Waals surface area contributed by atoms with Crippen LogP contribution in [0.5, 0.6) is 0 Å². The molecule has 2 N–H and O–H groups in total. The van der Waals surface area contributed by atoms with Gasteiger partial charge in [-0.05, 0) is 67.9 Å². The van der Waals surface area contributed by atoms with E-state index >= 15 is 4.39 Å². The zero-order valence-corrected chi connectivity index (χ0v) is 16.4. The summed E-state index contributed by atoms with van der Waals surface area (Å²) < 4.78 is 30.3. The average Bonchev–Trinajstić information content (AvgIpc) is 3.06. The summed E-state index contributed by atoms with van der Waals surface area (Å²) >= 11 is 0. The fourth-order valence-electron chi connectivity index (χ4n) is 3.80. The lowest BCUT2D eigenvalue weighted by molar-refractivity contribution is 0.0695. The molecule has 0 fully saturated rings. The molecule has 0 radical (unpaired) electrons. The molecule has 152 valence electrons. The van der Waals surface area contributed by atoms with E-state index in [1.165, 1.54) is 30.3 Å². The van der Waals surface area contributed by atoms with E-state index in [1.54, 1.807) is 54.8 Å². The maximum atomic E-state index is 15.1. The van der Waals surface area contributed by atoms with Crippen molar-refractivity contribution in [2.24, 2.45) is 0 Å². The fraction of sp³-hybridized carbons (Fsp3) is 0.125. The van der Waals surface area contributed by atoms with Gasteiger partial charge in [-0.25, -0.2) is 13.6 Å². The van der Waals surface area contributed by atoms with Crippen LogP contribution in [-0.2, 0) is 5.60 Å². The SMILES string of the molecule is CC(C)(O)c1c(-c2ccc(C(=O)O)cc2)c2c(F)cccc2n1-c1ccc(F)cc1. The largest absolute Gasteiger partial charge is 0.478 e. The van der Waals surface area contributed by atoms with Gasteiger partial charge in [0, 0.05) is 16.6 Å². The van der Waals surface area contributed by atoms with Crippen molar-refractivity contribution in [2.75, 3.05) is 0 Å². The lowest BCUT2D eigenvalue weighted by Crippen LogP contribution is -2.21. The van der Waals surface area contributed by atoms with Crippen LogP contribution in [0.3, 0.4) is 0 Å². The predicted molar refractivity (Wildman–Crippen MR) is 111 cm³/mol. The van der Waals surface area contributed by atoms with E-state index in [1.807, 2.05) is 0 Å². The minimum Gasteiger partial charge on any atom is -0.478 e. The zero-order valence-electron chi connectivity index (χ0n) is 16.4. The van der Waals surface area contributed by atoms with Gasteiger partial charge < -0.3 is 14.8 Å². The first kappa shape index (κ1) is 19.8. The molecule has 0 saturated heterocycles. The van der Waals surface area contributed by atoms with Crippen LogP contribution in [0.1, 0.15) is 29.9 Å². The van der Waals surface area contributed by atoms with E-state index in [-0.39, 0.29) is 5.56 Å². The second-order valence-electron chi connectivity index (χ2n) is 7.61. The summed E-state index contributed by atoms with van der Waals surface area (Å²) in [4.78, 5) is 11.2. The van der Waals surface area contributed by atoms with Gasteiger partial charge in [0.2, 0.25) is 0 Å². The molecule has 0 saturated carbocycles. The van der Waals surface area contributed by atoms with E-state index in [2.05, 4.69) is 0 Å². The van der Waals surface area contributed by atoms with Gasteiger partial charge in [0.05, 0.1) is 22.4 Å². The molecule has 0 spiro atoms. The highest BCUT2D eigenvalue weighted by Gasteiger charge is 2.31. The van der Waals surface area contributed by atoms with Crippen LogP contribution in [0.4, 0.5) is 8.78 Å². The topological polar surface area (TPSA) is 62.5 Å². The molecule has 4 nitrogen and oxygen atoms in total. The number of halogens is 2. The molecular weight excluding hydrogens is 388 g/mol. The Morgan fingerprint density at radius 2 is 1.57 bits per heavy atom. The van der Waals surface area contributed by atoms with Gasteiger partial charge in [-0.1, -0.05) is 18.2 Å². The first-order valence-corrected chi connectivity index (χ1v) is 9.34. The molecule has 0 aliphatic rings. The number of rotatable bonds is 4. The third-order valence-corrected chi connectivity index (χ3v) is 5.03. The van der Waals surface area contributed by atoms with Crippen LogP contribution < -0.4 is 0 Å². The molecule has 4 rings (SSSR count). The lowest BCUT2D eigenvalue weighted by atomic mass is 9.93. The van der Waals surface area contributed by atoms with E-state index in [0.717, 1.165) is 0 Å². The number of carbonyl (C=O) groups is 1. The number of fused-ring (bicyclic) bond motifs is 1. The van der Waals surface area contributed by atoms with E-state index in [9.17, 15) is 19.4 Å². The Balaban J connectivity index is 2.14. The second-order valence-corrected chi connectivity index (χ2v) is 7.61. The van der Waals surface area contributed by atoms with Crippen molar-refractivity contribution in [1.29, 1.82) is 0 Å². The van der Waals surface area contributed by atoms with Crippen LogP contribution in [0, 0.1) is 11.6 Å². The summed E-state index contributed by atoms with van der Waals surface area (Å²) in [5, 5.41) is 20.5. The first-order chi connectivity index (χ1) is 14.2. The van der Waals surface area contributed by atoms with Gasteiger partial charge in [-0.2, -0.15) is 0 Å². The highest BCUT2D eigenvalue weighted by molar-refractivity contribution is 6.00. The Bertz CT molecular complexity index is 1250. The molecular formula is C24H19F2NO3. The van der Waals surface area contributed by atoms with E-state index < -0.39 is 23.2 Å². The molecule has 30 heavy (non-hydrogen) atoms. The summed E-state index contributed by atoms with van der Waals surface area (Å²) in [7, 11) is 0. The van der Waals surface area contributed by atoms with Crippen LogP contribution in [0.15, 0.2) is 66.7 Å². The molecule has 0 atom stereocenters. The molecule has 0 aliphatic carbocycles. The highest BCUT2D eigenvalue weighted by atomic mass is 19.1. The Morgan fingerprint density at radius 1 is 0.933 bits per heavy atom. The molecule has 1 heterocycles. The van der Waals surface area contributed by atoms with Gasteiger partial charge in [0.1, 0.15) is 11.6 Å². The van der Waals surface area contributed by atoms with Crippen LogP contribution in [0.25, 0.3) is 27.7 Å². The number of benzene rings is 3. The fourth-order valence-corrected chi connectivity index (χ4v) is 3.80. The van der Waals surface area contributed by atoms with E-state index in [0.29, 0.717) is 33.4 Å². The summed E-state index contributed by atoms with van der Waals surface area (Å²) in [5.41, 5.74) is 1.22. The van der Waals surface area contributed by atoms with Crippen molar-refractivity contribution in [2.45, 2.75) is 19.4 Å². The minimum atomic E-state index is -1.39. The Kier molecular flexibility index (Phi) is 4.67. The molecule has 0 bridgehead atoms. The zero-order chi connectivity index (χ0) is 21.6. The molecule has 3 aromatic carbocycles. The monoisotopic (exact) mass is 407 g/mol. The van der Waals surface area contributed by atoms with Crippen LogP contribution >= 0.6 is 0 Å². The lowest BCUT2D eigenvalue weighted by Gasteiger charge is -2.23.